The molecule has 1 aromatic rings. The smallest absolute Gasteiger partial charge is 0.236 e. The van der Waals surface area contributed by atoms with Crippen LogP contribution in [0.25, 0.3) is 0 Å². The molecule has 0 aliphatic carbocycles. The predicted molar refractivity (Wildman–Crippen MR) is 104 cm³/mol. The summed E-state index contributed by atoms with van der Waals surface area (Å²) in [7, 11) is 0. The number of halogens is 1. The van der Waals surface area contributed by atoms with Crippen molar-refractivity contribution >= 4 is 23.6 Å². The summed E-state index contributed by atoms with van der Waals surface area (Å²) in [5.74, 6) is 0.0977. The monoisotopic (exact) mass is 380 g/mol. The van der Waals surface area contributed by atoms with E-state index in [1.807, 2.05) is 39.5 Å². The molecule has 0 saturated carbocycles. The van der Waals surface area contributed by atoms with Gasteiger partial charge in [-0.25, -0.2) is 4.39 Å². The Kier molecular flexibility index (Phi) is 7.09. The van der Waals surface area contributed by atoms with E-state index in [4.69, 9.17) is 0 Å². The van der Waals surface area contributed by atoms with E-state index in [-0.39, 0.29) is 34.3 Å². The lowest BCUT2D eigenvalue weighted by atomic mass is 10.1. The van der Waals surface area contributed by atoms with Crippen molar-refractivity contribution in [1.82, 2.24) is 9.80 Å². The molecular weight excluding hydrogens is 351 g/mol. The summed E-state index contributed by atoms with van der Waals surface area (Å²) in [6, 6.07) is 6.66. The highest BCUT2D eigenvalue weighted by Gasteiger charge is 2.39. The molecule has 0 radical (unpaired) electrons. The number of amides is 2. The van der Waals surface area contributed by atoms with Gasteiger partial charge in [0.15, 0.2) is 0 Å². The molecule has 1 heterocycles. The lowest BCUT2D eigenvalue weighted by Gasteiger charge is -2.31. The van der Waals surface area contributed by atoms with Crippen molar-refractivity contribution in [3.63, 3.8) is 0 Å². The van der Waals surface area contributed by atoms with E-state index in [1.165, 1.54) is 17.8 Å². The number of carbonyl (C=O) groups excluding carboxylic acids is 2. The quantitative estimate of drug-likeness (QED) is 0.716. The van der Waals surface area contributed by atoms with Crippen molar-refractivity contribution in [3.8, 4) is 0 Å². The van der Waals surface area contributed by atoms with Gasteiger partial charge in [0.2, 0.25) is 11.8 Å². The standard InChI is InChI=1S/C20H29FN2O2S/c1-13(2)12-18(24)22(14(3)4)10-11-23-19(25)15(5)26-20(23)16-8-6-7-9-17(16)21/h6-9,13-15,20H,10-12H2,1-5H3/t15-,20-/m1/s1. The molecule has 1 aromatic carbocycles. The molecular formula is C20H29FN2O2S. The predicted octanol–water partition coefficient (Wildman–Crippen LogP) is 4.07. The van der Waals surface area contributed by atoms with E-state index >= 15 is 0 Å². The van der Waals surface area contributed by atoms with Crippen LogP contribution >= 0.6 is 11.8 Å². The van der Waals surface area contributed by atoms with Crippen LogP contribution in [0.2, 0.25) is 0 Å². The van der Waals surface area contributed by atoms with Gasteiger partial charge in [0.25, 0.3) is 0 Å². The number of carbonyl (C=O) groups is 2. The van der Waals surface area contributed by atoms with Crippen molar-refractivity contribution in [2.24, 2.45) is 5.92 Å². The Balaban J connectivity index is 2.15. The van der Waals surface area contributed by atoms with Crippen LogP contribution in [0, 0.1) is 11.7 Å². The van der Waals surface area contributed by atoms with Crippen LogP contribution in [-0.2, 0) is 9.59 Å². The summed E-state index contributed by atoms with van der Waals surface area (Å²) in [6.07, 6.45) is 0.494. The van der Waals surface area contributed by atoms with Crippen LogP contribution in [0.1, 0.15) is 52.0 Å². The highest BCUT2D eigenvalue weighted by molar-refractivity contribution is 8.01. The number of rotatable bonds is 7. The highest BCUT2D eigenvalue weighted by Crippen LogP contribution is 2.43. The first-order valence-electron chi connectivity index (χ1n) is 9.22. The van der Waals surface area contributed by atoms with Crippen LogP contribution in [0.3, 0.4) is 0 Å². The molecule has 0 spiro atoms. The van der Waals surface area contributed by atoms with E-state index in [2.05, 4.69) is 0 Å². The molecule has 1 aliphatic heterocycles. The van der Waals surface area contributed by atoms with Gasteiger partial charge in [-0.15, -0.1) is 11.8 Å². The minimum Gasteiger partial charge on any atom is -0.338 e. The van der Waals surface area contributed by atoms with Gasteiger partial charge in [0.05, 0.1) is 5.25 Å². The zero-order chi connectivity index (χ0) is 19.4. The maximum atomic E-state index is 14.3. The van der Waals surface area contributed by atoms with E-state index in [0.29, 0.717) is 31.0 Å². The second kappa shape index (κ2) is 8.89. The largest absolute Gasteiger partial charge is 0.338 e. The molecule has 0 aromatic heterocycles. The Labute approximate surface area is 160 Å². The third kappa shape index (κ3) is 4.78. The Hall–Kier alpha value is -1.56. The lowest BCUT2D eigenvalue weighted by molar-refractivity contribution is -0.136. The Morgan fingerprint density at radius 3 is 2.50 bits per heavy atom. The second-order valence-electron chi connectivity index (χ2n) is 7.46. The zero-order valence-corrected chi connectivity index (χ0v) is 17.1. The van der Waals surface area contributed by atoms with Crippen LogP contribution < -0.4 is 0 Å². The van der Waals surface area contributed by atoms with Gasteiger partial charge >= 0.3 is 0 Å². The first-order valence-corrected chi connectivity index (χ1v) is 10.2. The topological polar surface area (TPSA) is 40.6 Å². The first-order chi connectivity index (χ1) is 12.2. The van der Waals surface area contributed by atoms with E-state index in [9.17, 15) is 14.0 Å². The van der Waals surface area contributed by atoms with Gasteiger partial charge in [-0.05, 0) is 32.8 Å². The average molecular weight is 381 g/mol. The van der Waals surface area contributed by atoms with Gasteiger partial charge in [-0.2, -0.15) is 0 Å². The van der Waals surface area contributed by atoms with E-state index in [0.717, 1.165) is 0 Å². The SMILES string of the molecule is CC(C)CC(=O)N(CCN1C(=O)[C@@H](C)S[C@@H]1c1ccccc1F)C(C)C. The molecule has 1 fully saturated rings. The highest BCUT2D eigenvalue weighted by atomic mass is 32.2. The second-order valence-corrected chi connectivity index (χ2v) is 8.89. The molecule has 1 saturated heterocycles. The fourth-order valence-corrected chi connectivity index (χ4v) is 4.50. The molecule has 6 heteroatoms. The maximum absolute atomic E-state index is 14.3. The van der Waals surface area contributed by atoms with Crippen molar-refractivity contribution in [2.45, 2.75) is 57.7 Å². The van der Waals surface area contributed by atoms with Crippen LogP contribution in [0.15, 0.2) is 24.3 Å². The average Bonchev–Trinajstić information content (AvgIpc) is 2.82. The number of hydrogen-bond acceptors (Lipinski definition) is 3. The molecule has 0 unspecified atom stereocenters. The maximum Gasteiger partial charge on any atom is 0.236 e. The Bertz CT molecular complexity index is 650. The van der Waals surface area contributed by atoms with E-state index in [1.54, 1.807) is 23.1 Å². The van der Waals surface area contributed by atoms with E-state index < -0.39 is 0 Å². The molecule has 144 valence electrons. The van der Waals surface area contributed by atoms with Crippen molar-refractivity contribution in [1.29, 1.82) is 0 Å². The molecule has 4 nitrogen and oxygen atoms in total. The minimum absolute atomic E-state index is 0.00303. The van der Waals surface area contributed by atoms with Gasteiger partial charge in [-0.3, -0.25) is 9.59 Å². The molecule has 0 bridgehead atoms. The molecule has 0 N–H and O–H groups in total. The van der Waals surface area contributed by atoms with Gasteiger partial charge in [0, 0.05) is 31.1 Å². The number of thioether (sulfide) groups is 1. The summed E-state index contributed by atoms with van der Waals surface area (Å²) >= 11 is 1.46. The van der Waals surface area contributed by atoms with Gasteiger partial charge in [0.1, 0.15) is 11.2 Å². The molecule has 26 heavy (non-hydrogen) atoms. The third-order valence-electron chi connectivity index (χ3n) is 4.53. The molecule has 2 amide bonds. The number of hydrogen-bond donors (Lipinski definition) is 0. The summed E-state index contributed by atoms with van der Waals surface area (Å²) in [5, 5.41) is -0.550. The van der Waals surface area contributed by atoms with Gasteiger partial charge < -0.3 is 9.80 Å². The molecule has 2 atom stereocenters. The van der Waals surface area contributed by atoms with Crippen molar-refractivity contribution in [2.75, 3.05) is 13.1 Å². The lowest BCUT2D eigenvalue weighted by Crippen LogP contribution is -2.44. The molecule has 2 rings (SSSR count). The van der Waals surface area contributed by atoms with Crippen LogP contribution in [0.5, 0.6) is 0 Å². The minimum atomic E-state index is -0.340. The van der Waals surface area contributed by atoms with Crippen molar-refractivity contribution < 1.29 is 14.0 Å². The fourth-order valence-electron chi connectivity index (χ4n) is 3.17. The number of nitrogens with zero attached hydrogens (tertiary/aromatic N) is 2. The first kappa shape index (κ1) is 20.7. The van der Waals surface area contributed by atoms with Gasteiger partial charge in [-0.1, -0.05) is 32.0 Å². The fraction of sp³-hybridized carbons (Fsp3) is 0.600. The summed E-state index contributed by atoms with van der Waals surface area (Å²) in [5.41, 5.74) is 0.528. The van der Waals surface area contributed by atoms with Crippen LogP contribution in [-0.4, -0.2) is 46.0 Å². The van der Waals surface area contributed by atoms with Crippen LogP contribution in [0.4, 0.5) is 4.39 Å². The number of benzene rings is 1. The summed E-state index contributed by atoms with van der Waals surface area (Å²) in [4.78, 5) is 28.7. The Morgan fingerprint density at radius 1 is 1.27 bits per heavy atom. The Morgan fingerprint density at radius 2 is 1.92 bits per heavy atom. The summed E-state index contributed by atoms with van der Waals surface area (Å²) in [6.45, 7) is 10.7. The zero-order valence-electron chi connectivity index (χ0n) is 16.2. The molecule has 1 aliphatic rings. The summed E-state index contributed by atoms with van der Waals surface area (Å²) < 4.78 is 14.3. The van der Waals surface area contributed by atoms with Crippen molar-refractivity contribution in [3.05, 3.63) is 35.6 Å². The normalized spacial score (nSPS) is 20.3. The third-order valence-corrected chi connectivity index (χ3v) is 5.90.